The van der Waals surface area contributed by atoms with Crippen molar-refractivity contribution >= 4 is 0 Å². The highest BCUT2D eigenvalue weighted by atomic mass is 16.3. The highest BCUT2D eigenvalue weighted by Gasteiger charge is 1.98. The summed E-state index contributed by atoms with van der Waals surface area (Å²) in [7, 11) is 0. The summed E-state index contributed by atoms with van der Waals surface area (Å²) in [4.78, 5) is 0. The van der Waals surface area contributed by atoms with Crippen molar-refractivity contribution in [3.8, 4) is 0 Å². The molecule has 0 aromatic heterocycles. The second-order valence-corrected chi connectivity index (χ2v) is 2.33. The molecule has 2 N–H and O–H groups in total. The van der Waals surface area contributed by atoms with Gasteiger partial charge in [0, 0.05) is 0 Å². The highest BCUT2D eigenvalue weighted by Crippen LogP contribution is 2.01. The summed E-state index contributed by atoms with van der Waals surface area (Å²) in [6, 6.07) is 0. The lowest BCUT2D eigenvalue weighted by atomic mass is 10.1. The lowest BCUT2D eigenvalue weighted by Gasteiger charge is -2.04. The van der Waals surface area contributed by atoms with Gasteiger partial charge in [0.15, 0.2) is 0 Å². The summed E-state index contributed by atoms with van der Waals surface area (Å²) in [5.41, 5.74) is 0. The Morgan fingerprint density at radius 2 is 2.00 bits per heavy atom. The summed E-state index contributed by atoms with van der Waals surface area (Å²) in [6.45, 7) is 2.02. The van der Waals surface area contributed by atoms with Crippen molar-refractivity contribution in [3.05, 3.63) is 0 Å². The Hall–Kier alpha value is -0.0800. The molecule has 0 aliphatic rings. The molecule has 0 saturated heterocycles. The Balaban J connectivity index is 2.88. The lowest BCUT2D eigenvalue weighted by molar-refractivity contribution is 0.0861. The smallest absolute Gasteiger partial charge is 0.0770 e. The Morgan fingerprint density at radius 3 is 2.44 bits per heavy atom. The topological polar surface area (TPSA) is 40.5 Å². The van der Waals surface area contributed by atoms with E-state index in [1.807, 2.05) is 0 Å². The molecular formula is C7H16O2. The number of unbranched alkanes of at least 4 members (excludes halogenated alkanes) is 2. The standard InChI is InChI=1S/C7H16O2/c1-2-3-4-5-7(9)6-8/h7-9H,2-6H2,1H3/t7-/m0/s1. The monoisotopic (exact) mass is 132 g/mol. The Kier molecular flexibility index (Phi) is 5.99. The zero-order valence-corrected chi connectivity index (χ0v) is 6.01. The van der Waals surface area contributed by atoms with Gasteiger partial charge in [0.2, 0.25) is 0 Å². The number of hydrogen-bond acceptors (Lipinski definition) is 2. The first kappa shape index (κ1) is 8.92. The molecule has 0 aromatic carbocycles. The SMILES string of the molecule is CCCCC[C@H](O)CO. The fraction of sp³-hybridized carbons (Fsp3) is 1.00. The molecule has 0 saturated carbocycles. The van der Waals surface area contributed by atoms with Gasteiger partial charge in [-0.25, -0.2) is 0 Å². The molecule has 0 fully saturated rings. The van der Waals surface area contributed by atoms with E-state index in [0.29, 0.717) is 0 Å². The largest absolute Gasteiger partial charge is 0.394 e. The van der Waals surface area contributed by atoms with Crippen molar-refractivity contribution in [2.45, 2.75) is 38.7 Å². The quantitative estimate of drug-likeness (QED) is 0.546. The van der Waals surface area contributed by atoms with Crippen LogP contribution >= 0.6 is 0 Å². The van der Waals surface area contributed by atoms with Crippen LogP contribution in [0, 0.1) is 0 Å². The second-order valence-electron chi connectivity index (χ2n) is 2.33. The average Bonchev–Trinajstić information content (AvgIpc) is 1.89. The van der Waals surface area contributed by atoms with Gasteiger partial charge in [-0.15, -0.1) is 0 Å². The van der Waals surface area contributed by atoms with E-state index in [0.717, 1.165) is 25.7 Å². The van der Waals surface area contributed by atoms with Gasteiger partial charge >= 0.3 is 0 Å². The van der Waals surface area contributed by atoms with Crippen LogP contribution in [-0.4, -0.2) is 22.9 Å². The molecule has 0 aliphatic heterocycles. The molecule has 0 radical (unpaired) electrons. The van der Waals surface area contributed by atoms with Crippen molar-refractivity contribution < 1.29 is 10.2 Å². The van der Waals surface area contributed by atoms with E-state index in [1.165, 1.54) is 0 Å². The summed E-state index contributed by atoms with van der Waals surface area (Å²) in [6.07, 6.45) is 3.59. The number of aliphatic hydroxyl groups excluding tert-OH is 2. The predicted octanol–water partition coefficient (Wildman–Crippen LogP) is 0.920. The predicted molar refractivity (Wildman–Crippen MR) is 37.2 cm³/mol. The van der Waals surface area contributed by atoms with Gasteiger partial charge in [0.25, 0.3) is 0 Å². The molecule has 0 aromatic rings. The van der Waals surface area contributed by atoms with E-state index in [4.69, 9.17) is 10.2 Å². The van der Waals surface area contributed by atoms with Gasteiger partial charge in [-0.05, 0) is 6.42 Å². The van der Waals surface area contributed by atoms with Crippen LogP contribution in [0.15, 0.2) is 0 Å². The Bertz CT molecular complexity index is 54.9. The number of hydrogen-bond donors (Lipinski definition) is 2. The van der Waals surface area contributed by atoms with Gasteiger partial charge in [-0.3, -0.25) is 0 Å². The molecule has 0 unspecified atom stereocenters. The van der Waals surface area contributed by atoms with Crippen LogP contribution in [0.4, 0.5) is 0 Å². The van der Waals surface area contributed by atoms with Crippen LogP contribution in [0.5, 0.6) is 0 Å². The van der Waals surface area contributed by atoms with E-state index >= 15 is 0 Å². The van der Waals surface area contributed by atoms with Crippen molar-refractivity contribution in [1.29, 1.82) is 0 Å². The molecule has 0 heterocycles. The van der Waals surface area contributed by atoms with E-state index in [9.17, 15) is 0 Å². The fourth-order valence-corrected chi connectivity index (χ4v) is 0.721. The Labute approximate surface area is 56.5 Å². The normalized spacial score (nSPS) is 13.7. The first-order valence-corrected chi connectivity index (χ1v) is 3.60. The van der Waals surface area contributed by atoms with E-state index in [1.54, 1.807) is 0 Å². The lowest BCUT2D eigenvalue weighted by Crippen LogP contribution is -2.10. The third-order valence-corrected chi connectivity index (χ3v) is 1.35. The first-order valence-electron chi connectivity index (χ1n) is 3.60. The van der Waals surface area contributed by atoms with E-state index < -0.39 is 6.10 Å². The molecular weight excluding hydrogens is 116 g/mol. The van der Waals surface area contributed by atoms with Crippen LogP contribution < -0.4 is 0 Å². The van der Waals surface area contributed by atoms with Gasteiger partial charge in [0.05, 0.1) is 12.7 Å². The average molecular weight is 132 g/mol. The summed E-state index contributed by atoms with van der Waals surface area (Å²) >= 11 is 0. The molecule has 1 atom stereocenters. The molecule has 9 heavy (non-hydrogen) atoms. The zero-order chi connectivity index (χ0) is 7.11. The molecule has 0 bridgehead atoms. The van der Waals surface area contributed by atoms with Crippen LogP contribution in [0.2, 0.25) is 0 Å². The van der Waals surface area contributed by atoms with Gasteiger partial charge in [0.1, 0.15) is 0 Å². The van der Waals surface area contributed by atoms with Crippen LogP contribution in [0.1, 0.15) is 32.6 Å². The second kappa shape index (κ2) is 6.05. The maximum atomic E-state index is 8.83. The maximum Gasteiger partial charge on any atom is 0.0770 e. The highest BCUT2D eigenvalue weighted by molar-refractivity contribution is 4.51. The Morgan fingerprint density at radius 1 is 1.33 bits per heavy atom. The zero-order valence-electron chi connectivity index (χ0n) is 6.01. The van der Waals surface area contributed by atoms with Gasteiger partial charge < -0.3 is 10.2 Å². The van der Waals surface area contributed by atoms with Crippen molar-refractivity contribution in [1.82, 2.24) is 0 Å². The molecule has 0 rings (SSSR count). The molecule has 2 heteroatoms. The van der Waals surface area contributed by atoms with Crippen LogP contribution in [0.3, 0.4) is 0 Å². The first-order chi connectivity index (χ1) is 4.31. The van der Waals surface area contributed by atoms with Crippen LogP contribution in [0.25, 0.3) is 0 Å². The van der Waals surface area contributed by atoms with Crippen LogP contribution in [-0.2, 0) is 0 Å². The van der Waals surface area contributed by atoms with Crippen molar-refractivity contribution in [2.24, 2.45) is 0 Å². The molecule has 2 nitrogen and oxygen atoms in total. The third kappa shape index (κ3) is 5.80. The minimum atomic E-state index is -0.489. The number of rotatable bonds is 5. The molecule has 0 spiro atoms. The molecule has 0 aliphatic carbocycles. The van der Waals surface area contributed by atoms with Crippen molar-refractivity contribution in [2.75, 3.05) is 6.61 Å². The summed E-state index contributed by atoms with van der Waals surface area (Å²) in [5, 5.41) is 17.2. The third-order valence-electron chi connectivity index (χ3n) is 1.35. The van der Waals surface area contributed by atoms with E-state index in [2.05, 4.69) is 6.92 Å². The van der Waals surface area contributed by atoms with Gasteiger partial charge in [-0.2, -0.15) is 0 Å². The minimum absolute atomic E-state index is 0.0935. The molecule has 56 valence electrons. The summed E-state index contributed by atoms with van der Waals surface area (Å²) in [5.74, 6) is 0. The fourth-order valence-electron chi connectivity index (χ4n) is 0.721. The van der Waals surface area contributed by atoms with Crippen molar-refractivity contribution in [3.63, 3.8) is 0 Å². The molecule has 0 amide bonds. The minimum Gasteiger partial charge on any atom is -0.394 e. The summed E-state index contributed by atoms with van der Waals surface area (Å²) < 4.78 is 0. The maximum absolute atomic E-state index is 8.83. The van der Waals surface area contributed by atoms with E-state index in [-0.39, 0.29) is 6.61 Å². The van der Waals surface area contributed by atoms with Gasteiger partial charge in [-0.1, -0.05) is 26.2 Å². The number of aliphatic hydroxyl groups is 2.